The maximum atomic E-state index is 13.7. The predicted molar refractivity (Wildman–Crippen MR) is 78.2 cm³/mol. The zero-order chi connectivity index (χ0) is 15.7. The SMILES string of the molecule is O=C(NC1CCC(CO)CC1)C1CC1c1cccc(F)c1F. The normalized spacial score (nSPS) is 30.9. The summed E-state index contributed by atoms with van der Waals surface area (Å²) in [5, 5.41) is 12.1. The fourth-order valence-corrected chi connectivity index (χ4v) is 3.43. The zero-order valence-corrected chi connectivity index (χ0v) is 12.4. The van der Waals surface area contributed by atoms with Gasteiger partial charge in [-0.25, -0.2) is 8.78 Å². The molecule has 22 heavy (non-hydrogen) atoms. The van der Waals surface area contributed by atoms with Gasteiger partial charge in [-0.15, -0.1) is 0 Å². The molecule has 1 aromatic rings. The Kier molecular flexibility index (Phi) is 4.43. The average molecular weight is 309 g/mol. The van der Waals surface area contributed by atoms with Crippen molar-refractivity contribution in [2.45, 2.75) is 44.1 Å². The number of hydrogen-bond donors (Lipinski definition) is 2. The van der Waals surface area contributed by atoms with Crippen LogP contribution in [-0.2, 0) is 4.79 Å². The van der Waals surface area contributed by atoms with E-state index in [2.05, 4.69) is 5.32 Å². The molecule has 2 aliphatic carbocycles. The van der Waals surface area contributed by atoms with Crippen LogP contribution in [0.5, 0.6) is 0 Å². The molecule has 0 radical (unpaired) electrons. The average Bonchev–Trinajstić information content (AvgIpc) is 3.31. The van der Waals surface area contributed by atoms with Crippen LogP contribution in [0.4, 0.5) is 8.78 Å². The molecule has 0 saturated heterocycles. The fourth-order valence-electron chi connectivity index (χ4n) is 3.43. The van der Waals surface area contributed by atoms with Gasteiger partial charge in [-0.05, 0) is 55.6 Å². The number of aliphatic hydroxyl groups is 1. The van der Waals surface area contributed by atoms with E-state index in [0.29, 0.717) is 17.9 Å². The molecule has 2 N–H and O–H groups in total. The summed E-state index contributed by atoms with van der Waals surface area (Å²) in [6.45, 7) is 0.213. The zero-order valence-electron chi connectivity index (χ0n) is 12.4. The van der Waals surface area contributed by atoms with Crippen molar-refractivity contribution in [3.05, 3.63) is 35.4 Å². The van der Waals surface area contributed by atoms with E-state index < -0.39 is 11.6 Å². The Bertz CT molecular complexity index is 556. The first kappa shape index (κ1) is 15.4. The van der Waals surface area contributed by atoms with E-state index >= 15 is 0 Å². The third kappa shape index (κ3) is 3.14. The van der Waals surface area contributed by atoms with Crippen molar-refractivity contribution in [2.75, 3.05) is 6.61 Å². The van der Waals surface area contributed by atoms with E-state index in [9.17, 15) is 13.6 Å². The summed E-state index contributed by atoms with van der Waals surface area (Å²) < 4.78 is 27.0. The molecular weight excluding hydrogens is 288 g/mol. The summed E-state index contributed by atoms with van der Waals surface area (Å²) in [7, 11) is 0. The minimum Gasteiger partial charge on any atom is -0.396 e. The lowest BCUT2D eigenvalue weighted by Gasteiger charge is -2.28. The number of rotatable bonds is 4. The molecule has 2 unspecified atom stereocenters. The van der Waals surface area contributed by atoms with Crippen molar-refractivity contribution in [1.29, 1.82) is 0 Å². The van der Waals surface area contributed by atoms with Gasteiger partial charge >= 0.3 is 0 Å². The second kappa shape index (κ2) is 6.32. The van der Waals surface area contributed by atoms with Gasteiger partial charge in [-0.2, -0.15) is 0 Å². The highest BCUT2D eigenvalue weighted by Crippen LogP contribution is 2.48. The predicted octanol–water partition coefficient (Wildman–Crippen LogP) is 2.74. The minimum atomic E-state index is -0.856. The van der Waals surface area contributed by atoms with Crippen LogP contribution in [0, 0.1) is 23.5 Å². The van der Waals surface area contributed by atoms with Crippen molar-refractivity contribution in [3.8, 4) is 0 Å². The molecule has 5 heteroatoms. The largest absolute Gasteiger partial charge is 0.396 e. The topological polar surface area (TPSA) is 49.3 Å². The number of amides is 1. The molecule has 120 valence electrons. The Morgan fingerprint density at radius 1 is 1.23 bits per heavy atom. The number of halogens is 2. The molecule has 0 spiro atoms. The Balaban J connectivity index is 1.54. The van der Waals surface area contributed by atoms with E-state index in [1.165, 1.54) is 6.07 Å². The standard InChI is InChI=1S/C17H21F2NO2/c18-15-3-1-2-12(16(15)19)13-8-14(13)17(22)20-11-6-4-10(9-21)5-7-11/h1-3,10-11,13-14,21H,4-9H2,(H,20,22). The summed E-state index contributed by atoms with van der Waals surface area (Å²) in [6.07, 6.45) is 4.19. The third-order valence-electron chi connectivity index (χ3n) is 4.96. The van der Waals surface area contributed by atoms with Gasteiger partial charge in [0.2, 0.25) is 5.91 Å². The summed E-state index contributed by atoms with van der Waals surface area (Å²) in [4.78, 5) is 12.2. The number of hydrogen-bond acceptors (Lipinski definition) is 2. The maximum absolute atomic E-state index is 13.7. The molecule has 0 aliphatic heterocycles. The summed E-state index contributed by atoms with van der Waals surface area (Å²) >= 11 is 0. The van der Waals surface area contributed by atoms with E-state index in [1.54, 1.807) is 6.07 Å². The van der Waals surface area contributed by atoms with Crippen molar-refractivity contribution >= 4 is 5.91 Å². The van der Waals surface area contributed by atoms with Crippen molar-refractivity contribution in [2.24, 2.45) is 11.8 Å². The van der Waals surface area contributed by atoms with Crippen molar-refractivity contribution < 1.29 is 18.7 Å². The molecule has 1 amide bonds. The molecule has 2 saturated carbocycles. The highest BCUT2D eigenvalue weighted by Gasteiger charge is 2.46. The lowest BCUT2D eigenvalue weighted by molar-refractivity contribution is -0.123. The van der Waals surface area contributed by atoms with Crippen LogP contribution in [0.2, 0.25) is 0 Å². The summed E-state index contributed by atoms with van der Waals surface area (Å²) in [5.74, 6) is -1.84. The highest BCUT2D eigenvalue weighted by atomic mass is 19.2. The lowest BCUT2D eigenvalue weighted by atomic mass is 9.86. The molecule has 2 fully saturated rings. The van der Waals surface area contributed by atoms with Gasteiger partial charge in [0.15, 0.2) is 11.6 Å². The van der Waals surface area contributed by atoms with Gasteiger partial charge in [-0.3, -0.25) is 4.79 Å². The molecular formula is C17H21F2NO2. The van der Waals surface area contributed by atoms with Crippen LogP contribution in [0.15, 0.2) is 18.2 Å². The first-order valence-electron chi connectivity index (χ1n) is 7.95. The number of aliphatic hydroxyl groups excluding tert-OH is 1. The van der Waals surface area contributed by atoms with Crippen LogP contribution >= 0.6 is 0 Å². The van der Waals surface area contributed by atoms with Crippen LogP contribution < -0.4 is 5.32 Å². The van der Waals surface area contributed by atoms with Gasteiger partial charge in [0.25, 0.3) is 0 Å². The third-order valence-corrected chi connectivity index (χ3v) is 4.96. The molecule has 3 rings (SSSR count). The second-order valence-electron chi connectivity index (χ2n) is 6.50. The van der Waals surface area contributed by atoms with Gasteiger partial charge in [0.05, 0.1) is 0 Å². The van der Waals surface area contributed by atoms with Crippen LogP contribution in [0.3, 0.4) is 0 Å². The van der Waals surface area contributed by atoms with Gasteiger partial charge < -0.3 is 10.4 Å². The quantitative estimate of drug-likeness (QED) is 0.898. The monoisotopic (exact) mass is 309 g/mol. The minimum absolute atomic E-state index is 0.0545. The van der Waals surface area contributed by atoms with Gasteiger partial charge in [0.1, 0.15) is 0 Å². The molecule has 0 bridgehead atoms. The van der Waals surface area contributed by atoms with E-state index in [4.69, 9.17) is 5.11 Å². The lowest BCUT2D eigenvalue weighted by Crippen LogP contribution is -2.39. The Labute approximate surface area is 128 Å². The van der Waals surface area contributed by atoms with E-state index in [-0.39, 0.29) is 30.4 Å². The summed E-state index contributed by atoms with van der Waals surface area (Å²) in [6, 6.07) is 4.28. The van der Waals surface area contributed by atoms with Crippen LogP contribution in [-0.4, -0.2) is 23.7 Å². The number of carbonyl (C=O) groups is 1. The van der Waals surface area contributed by atoms with Crippen LogP contribution in [0.1, 0.15) is 43.6 Å². The molecule has 0 aromatic heterocycles. The Hall–Kier alpha value is -1.49. The molecule has 2 atom stereocenters. The number of benzene rings is 1. The van der Waals surface area contributed by atoms with Gasteiger partial charge in [0, 0.05) is 18.6 Å². The van der Waals surface area contributed by atoms with Crippen molar-refractivity contribution in [3.63, 3.8) is 0 Å². The fraction of sp³-hybridized carbons (Fsp3) is 0.588. The Morgan fingerprint density at radius 3 is 2.64 bits per heavy atom. The first-order chi connectivity index (χ1) is 10.6. The van der Waals surface area contributed by atoms with E-state index in [0.717, 1.165) is 31.7 Å². The number of carbonyl (C=O) groups excluding carboxylic acids is 1. The molecule has 2 aliphatic rings. The Morgan fingerprint density at radius 2 is 1.95 bits per heavy atom. The molecule has 3 nitrogen and oxygen atoms in total. The van der Waals surface area contributed by atoms with Gasteiger partial charge in [-0.1, -0.05) is 12.1 Å². The second-order valence-corrected chi connectivity index (χ2v) is 6.50. The first-order valence-corrected chi connectivity index (χ1v) is 7.95. The van der Waals surface area contributed by atoms with Crippen LogP contribution in [0.25, 0.3) is 0 Å². The maximum Gasteiger partial charge on any atom is 0.223 e. The highest BCUT2D eigenvalue weighted by molar-refractivity contribution is 5.83. The summed E-state index contributed by atoms with van der Waals surface area (Å²) in [5.41, 5.74) is 0.309. The number of nitrogens with one attached hydrogen (secondary N) is 1. The van der Waals surface area contributed by atoms with E-state index in [1.807, 2.05) is 0 Å². The smallest absolute Gasteiger partial charge is 0.223 e. The van der Waals surface area contributed by atoms with Crippen molar-refractivity contribution in [1.82, 2.24) is 5.32 Å². The molecule has 0 heterocycles. The molecule has 1 aromatic carbocycles.